The van der Waals surface area contributed by atoms with Crippen molar-refractivity contribution in [3.8, 4) is 11.3 Å². The van der Waals surface area contributed by atoms with Gasteiger partial charge in [-0.3, -0.25) is 4.79 Å². The van der Waals surface area contributed by atoms with Crippen LogP contribution in [-0.4, -0.2) is 12.1 Å². The van der Waals surface area contributed by atoms with Crippen LogP contribution in [0.5, 0.6) is 0 Å². The molecule has 0 radical (unpaired) electrons. The molecule has 1 amide bonds. The number of furan rings is 1. The Labute approximate surface area is 241 Å². The second-order valence-electron chi connectivity index (χ2n) is 10.5. The summed E-state index contributed by atoms with van der Waals surface area (Å²) in [6.45, 7) is 6.85. The molecule has 1 atom stereocenters. The number of benzene rings is 2. The SMILES string of the molecule is CC(C)(C)[C@@H]1CCc2c(sc(N=Cc3ccc(-c4cccc(Cl)c4Cl)o3)c2C(=O)Nc2ccc(Cl)cc2)C1. The van der Waals surface area contributed by atoms with Crippen molar-refractivity contribution in [1.29, 1.82) is 0 Å². The molecule has 5 rings (SSSR count). The number of nitrogens with zero attached hydrogens (tertiary/aromatic N) is 1. The van der Waals surface area contributed by atoms with Gasteiger partial charge in [0, 0.05) is 21.2 Å². The third-order valence-corrected chi connectivity index (χ3v) is 9.19. The molecule has 0 bridgehead atoms. The molecule has 1 aliphatic rings. The number of carbonyl (C=O) groups is 1. The molecule has 1 aliphatic carbocycles. The fourth-order valence-corrected chi connectivity index (χ4v) is 6.53. The van der Waals surface area contributed by atoms with Gasteiger partial charge in [0.25, 0.3) is 5.91 Å². The highest BCUT2D eigenvalue weighted by Crippen LogP contribution is 2.45. The summed E-state index contributed by atoms with van der Waals surface area (Å²) >= 11 is 20.1. The predicted molar refractivity (Wildman–Crippen MR) is 160 cm³/mol. The lowest BCUT2D eigenvalue weighted by Crippen LogP contribution is -2.27. The van der Waals surface area contributed by atoms with Gasteiger partial charge in [0.05, 0.1) is 21.8 Å². The van der Waals surface area contributed by atoms with Gasteiger partial charge in [0.1, 0.15) is 16.5 Å². The van der Waals surface area contributed by atoms with Crippen molar-refractivity contribution < 1.29 is 9.21 Å². The van der Waals surface area contributed by atoms with Crippen LogP contribution in [0.4, 0.5) is 10.7 Å². The number of hydrogen-bond acceptors (Lipinski definition) is 4. The lowest BCUT2D eigenvalue weighted by Gasteiger charge is -2.33. The number of hydrogen-bond donors (Lipinski definition) is 1. The fraction of sp³-hybridized carbons (Fsp3) is 0.267. The minimum absolute atomic E-state index is 0.169. The molecular formula is C30H27Cl3N2O2S. The first-order valence-corrected chi connectivity index (χ1v) is 14.3. The summed E-state index contributed by atoms with van der Waals surface area (Å²) in [5, 5.41) is 5.22. The van der Waals surface area contributed by atoms with E-state index >= 15 is 0 Å². The molecule has 1 N–H and O–H groups in total. The van der Waals surface area contributed by atoms with E-state index in [1.807, 2.05) is 24.3 Å². The van der Waals surface area contributed by atoms with Gasteiger partial charge >= 0.3 is 0 Å². The molecule has 8 heteroatoms. The molecular weight excluding hydrogens is 559 g/mol. The Bertz CT molecular complexity index is 1510. The lowest BCUT2D eigenvalue weighted by molar-refractivity contribution is 0.102. The zero-order valence-corrected chi connectivity index (χ0v) is 24.4. The summed E-state index contributed by atoms with van der Waals surface area (Å²) in [6, 6.07) is 16.2. The first kappa shape index (κ1) is 27.0. The Morgan fingerprint density at radius 1 is 1.08 bits per heavy atom. The number of halogens is 3. The van der Waals surface area contributed by atoms with E-state index < -0.39 is 0 Å². The van der Waals surface area contributed by atoms with Crippen LogP contribution in [0.1, 0.15) is 53.8 Å². The topological polar surface area (TPSA) is 54.6 Å². The molecule has 0 unspecified atom stereocenters. The van der Waals surface area contributed by atoms with Crippen molar-refractivity contribution in [2.75, 3.05) is 5.32 Å². The van der Waals surface area contributed by atoms with E-state index in [1.54, 1.807) is 47.9 Å². The van der Waals surface area contributed by atoms with Crippen molar-refractivity contribution in [1.82, 2.24) is 0 Å². The average Bonchev–Trinajstić information content (AvgIpc) is 3.49. The molecule has 2 aromatic heterocycles. The number of rotatable bonds is 5. The minimum atomic E-state index is -0.169. The number of carbonyl (C=O) groups excluding carboxylic acids is 1. The van der Waals surface area contributed by atoms with Gasteiger partial charge in [-0.25, -0.2) is 4.99 Å². The standard InChI is InChI=1S/C30H27Cl3N2O2S/c1-30(2,3)17-7-13-22-25(15-17)38-29(26(22)28(36)35-19-10-8-18(31)9-11-19)34-16-20-12-14-24(37-20)21-5-4-6-23(32)27(21)33/h4-6,8-12,14,16-17H,7,13,15H2,1-3H3,(H,35,36)/t17-/m1/s1. The van der Waals surface area contributed by atoms with E-state index in [2.05, 4.69) is 26.1 Å². The smallest absolute Gasteiger partial charge is 0.259 e. The molecule has 4 aromatic rings. The Kier molecular flexibility index (Phi) is 7.74. The molecule has 2 heterocycles. The van der Waals surface area contributed by atoms with Crippen LogP contribution in [-0.2, 0) is 12.8 Å². The van der Waals surface area contributed by atoms with Crippen LogP contribution in [0, 0.1) is 11.3 Å². The molecule has 2 aromatic carbocycles. The number of anilines is 1. The zero-order valence-electron chi connectivity index (χ0n) is 21.3. The highest BCUT2D eigenvalue weighted by Gasteiger charge is 2.33. The summed E-state index contributed by atoms with van der Waals surface area (Å²) < 4.78 is 6.00. The first-order valence-electron chi connectivity index (χ1n) is 12.4. The molecule has 0 saturated heterocycles. The largest absolute Gasteiger partial charge is 0.455 e. The predicted octanol–water partition coefficient (Wildman–Crippen LogP) is 10.1. The number of thiophene rings is 1. The van der Waals surface area contributed by atoms with E-state index in [4.69, 9.17) is 44.2 Å². The maximum atomic E-state index is 13.5. The second kappa shape index (κ2) is 10.9. The first-order chi connectivity index (χ1) is 18.1. The summed E-state index contributed by atoms with van der Waals surface area (Å²) in [6.07, 6.45) is 4.49. The van der Waals surface area contributed by atoms with E-state index in [-0.39, 0.29) is 11.3 Å². The molecule has 0 aliphatic heterocycles. The maximum absolute atomic E-state index is 13.5. The van der Waals surface area contributed by atoms with Crippen LogP contribution in [0.15, 0.2) is 64.0 Å². The van der Waals surface area contributed by atoms with Crippen LogP contribution in [0.25, 0.3) is 11.3 Å². The number of nitrogens with one attached hydrogen (secondary N) is 1. The average molecular weight is 586 g/mol. The van der Waals surface area contributed by atoms with Crippen LogP contribution < -0.4 is 5.32 Å². The number of fused-ring (bicyclic) bond motifs is 1. The van der Waals surface area contributed by atoms with E-state index in [1.165, 1.54) is 4.88 Å². The molecule has 0 spiro atoms. The Morgan fingerprint density at radius 3 is 2.58 bits per heavy atom. The van der Waals surface area contributed by atoms with Gasteiger partial charge in [0.15, 0.2) is 0 Å². The van der Waals surface area contributed by atoms with Crippen molar-refractivity contribution >= 4 is 68.9 Å². The van der Waals surface area contributed by atoms with E-state index in [0.717, 1.165) is 24.8 Å². The van der Waals surface area contributed by atoms with Gasteiger partial charge in [-0.05, 0) is 84.7 Å². The molecule has 4 nitrogen and oxygen atoms in total. The summed E-state index contributed by atoms with van der Waals surface area (Å²) in [7, 11) is 0. The number of aliphatic imine (C=N–C) groups is 1. The van der Waals surface area contributed by atoms with E-state index in [9.17, 15) is 4.79 Å². The Hall–Kier alpha value is -2.57. The fourth-order valence-electron chi connectivity index (χ4n) is 4.75. The van der Waals surface area contributed by atoms with Crippen molar-refractivity contribution in [2.24, 2.45) is 16.3 Å². The van der Waals surface area contributed by atoms with E-state index in [0.29, 0.717) is 54.3 Å². The van der Waals surface area contributed by atoms with Gasteiger partial charge in [-0.15, -0.1) is 11.3 Å². The molecule has 38 heavy (non-hydrogen) atoms. The Morgan fingerprint density at radius 2 is 1.84 bits per heavy atom. The van der Waals surface area contributed by atoms with Gasteiger partial charge in [-0.1, -0.05) is 61.6 Å². The second-order valence-corrected chi connectivity index (χ2v) is 12.8. The Balaban J connectivity index is 1.47. The van der Waals surface area contributed by atoms with Gasteiger partial charge < -0.3 is 9.73 Å². The molecule has 0 saturated carbocycles. The summed E-state index contributed by atoms with van der Waals surface area (Å²) in [4.78, 5) is 19.5. The highest BCUT2D eigenvalue weighted by atomic mass is 35.5. The minimum Gasteiger partial charge on any atom is -0.455 e. The van der Waals surface area contributed by atoms with Crippen LogP contribution in [0.2, 0.25) is 15.1 Å². The maximum Gasteiger partial charge on any atom is 0.259 e. The van der Waals surface area contributed by atoms with Crippen molar-refractivity contribution in [3.05, 3.63) is 91.4 Å². The quantitative estimate of drug-likeness (QED) is 0.237. The lowest BCUT2D eigenvalue weighted by atomic mass is 9.72. The third-order valence-electron chi connectivity index (χ3n) is 6.95. The zero-order chi connectivity index (χ0) is 27.0. The normalized spacial score (nSPS) is 15.6. The molecule has 0 fully saturated rings. The van der Waals surface area contributed by atoms with Gasteiger partial charge in [0.2, 0.25) is 0 Å². The van der Waals surface area contributed by atoms with Crippen LogP contribution in [0.3, 0.4) is 0 Å². The molecule has 196 valence electrons. The number of amides is 1. The van der Waals surface area contributed by atoms with Crippen molar-refractivity contribution in [3.63, 3.8) is 0 Å². The monoisotopic (exact) mass is 584 g/mol. The van der Waals surface area contributed by atoms with Crippen LogP contribution >= 0.6 is 46.1 Å². The third kappa shape index (κ3) is 5.72. The highest BCUT2D eigenvalue weighted by molar-refractivity contribution is 7.16. The van der Waals surface area contributed by atoms with Gasteiger partial charge in [-0.2, -0.15) is 0 Å². The summed E-state index contributed by atoms with van der Waals surface area (Å²) in [5.41, 5.74) is 3.32. The summed E-state index contributed by atoms with van der Waals surface area (Å²) in [5.74, 6) is 1.53. The van der Waals surface area contributed by atoms with Crippen molar-refractivity contribution in [2.45, 2.75) is 40.0 Å².